The molecular formula is C19H23N5O2. The fraction of sp³-hybridized carbons (Fsp3) is 0.368. The lowest BCUT2D eigenvalue weighted by molar-refractivity contribution is 0.102. The van der Waals surface area contributed by atoms with E-state index in [2.05, 4.69) is 20.6 Å². The molecule has 7 heteroatoms. The van der Waals surface area contributed by atoms with Gasteiger partial charge in [-0.1, -0.05) is 12.8 Å². The van der Waals surface area contributed by atoms with E-state index in [0.29, 0.717) is 11.4 Å². The molecule has 1 aliphatic heterocycles. The maximum absolute atomic E-state index is 12.3. The van der Waals surface area contributed by atoms with Crippen LogP contribution in [0.4, 0.5) is 16.2 Å². The first-order chi connectivity index (χ1) is 12.6. The normalized spacial score (nSPS) is 14.4. The zero-order valence-electron chi connectivity index (χ0n) is 14.9. The minimum absolute atomic E-state index is 0.0707. The van der Waals surface area contributed by atoms with Gasteiger partial charge >= 0.3 is 6.03 Å². The van der Waals surface area contributed by atoms with Crippen LogP contribution >= 0.6 is 0 Å². The Morgan fingerprint density at radius 3 is 2.08 bits per heavy atom. The highest BCUT2D eigenvalue weighted by atomic mass is 16.2. The first-order valence-electron chi connectivity index (χ1n) is 8.88. The molecular weight excluding hydrogens is 330 g/mol. The number of nitrogens with one attached hydrogen (secondary N) is 2. The monoisotopic (exact) mass is 353 g/mol. The highest BCUT2D eigenvalue weighted by Gasteiger charge is 2.15. The molecule has 2 aromatic rings. The average Bonchev–Trinajstić information content (AvgIpc) is 2.93. The van der Waals surface area contributed by atoms with Crippen LogP contribution in [0.5, 0.6) is 0 Å². The van der Waals surface area contributed by atoms with Gasteiger partial charge in [0.25, 0.3) is 5.91 Å². The molecule has 2 N–H and O–H groups in total. The van der Waals surface area contributed by atoms with Gasteiger partial charge in [-0.3, -0.25) is 9.78 Å². The van der Waals surface area contributed by atoms with Crippen molar-refractivity contribution >= 4 is 23.3 Å². The Labute approximate surface area is 152 Å². The average molecular weight is 353 g/mol. The van der Waals surface area contributed by atoms with Crippen molar-refractivity contribution in [2.24, 2.45) is 0 Å². The number of anilines is 2. The van der Waals surface area contributed by atoms with Gasteiger partial charge in [-0.25, -0.2) is 9.78 Å². The number of benzene rings is 1. The Bertz CT molecular complexity index is 751. The minimum Gasteiger partial charge on any atom is -0.325 e. The Hall–Kier alpha value is -2.96. The van der Waals surface area contributed by atoms with Crippen LogP contribution < -0.4 is 10.6 Å². The van der Waals surface area contributed by atoms with Gasteiger partial charge in [-0.05, 0) is 44.0 Å². The van der Waals surface area contributed by atoms with Crippen molar-refractivity contribution in [2.75, 3.05) is 23.7 Å². The third-order valence-electron chi connectivity index (χ3n) is 4.30. The van der Waals surface area contributed by atoms with Crippen LogP contribution in [0, 0.1) is 6.92 Å². The van der Waals surface area contributed by atoms with E-state index in [0.717, 1.165) is 31.6 Å². The summed E-state index contributed by atoms with van der Waals surface area (Å²) >= 11 is 0. The van der Waals surface area contributed by atoms with Crippen LogP contribution in [0.15, 0.2) is 36.7 Å². The molecule has 0 radical (unpaired) electrons. The number of nitrogens with zero attached hydrogens (tertiary/aromatic N) is 3. The maximum Gasteiger partial charge on any atom is 0.321 e. The molecule has 0 bridgehead atoms. The number of aromatic nitrogens is 2. The van der Waals surface area contributed by atoms with Crippen molar-refractivity contribution in [1.29, 1.82) is 0 Å². The van der Waals surface area contributed by atoms with Crippen LogP contribution in [0.25, 0.3) is 0 Å². The molecule has 0 saturated carbocycles. The van der Waals surface area contributed by atoms with Crippen molar-refractivity contribution in [3.8, 4) is 0 Å². The van der Waals surface area contributed by atoms with Crippen molar-refractivity contribution in [3.63, 3.8) is 0 Å². The van der Waals surface area contributed by atoms with E-state index in [1.54, 1.807) is 30.5 Å². The van der Waals surface area contributed by atoms with E-state index in [4.69, 9.17) is 0 Å². The van der Waals surface area contributed by atoms with Gasteiger partial charge in [0.15, 0.2) is 0 Å². The zero-order chi connectivity index (χ0) is 18.4. The van der Waals surface area contributed by atoms with Gasteiger partial charge in [-0.15, -0.1) is 0 Å². The fourth-order valence-electron chi connectivity index (χ4n) is 2.82. The van der Waals surface area contributed by atoms with Gasteiger partial charge in [-0.2, -0.15) is 0 Å². The largest absolute Gasteiger partial charge is 0.325 e. The highest BCUT2D eigenvalue weighted by Crippen LogP contribution is 2.16. The SMILES string of the molecule is Cc1cnc(C(=O)Nc2ccc(NC(=O)N3CCCCCC3)cc2)cn1. The number of aryl methyl sites for hydroxylation is 1. The molecule has 2 heterocycles. The summed E-state index contributed by atoms with van der Waals surface area (Å²) in [6, 6.07) is 6.96. The molecule has 1 aromatic heterocycles. The topological polar surface area (TPSA) is 87.2 Å². The number of carbonyl (C=O) groups is 2. The van der Waals surface area contributed by atoms with Crippen molar-refractivity contribution in [2.45, 2.75) is 32.6 Å². The number of hydrogen-bond acceptors (Lipinski definition) is 4. The van der Waals surface area contributed by atoms with E-state index in [9.17, 15) is 9.59 Å². The van der Waals surface area contributed by atoms with Crippen LogP contribution in [0.1, 0.15) is 41.9 Å². The minimum atomic E-state index is -0.321. The lowest BCUT2D eigenvalue weighted by Gasteiger charge is -2.20. The second kappa shape index (κ2) is 8.42. The van der Waals surface area contributed by atoms with E-state index in [1.165, 1.54) is 19.0 Å². The number of rotatable bonds is 3. The molecule has 1 saturated heterocycles. The van der Waals surface area contributed by atoms with Gasteiger partial charge in [0, 0.05) is 30.7 Å². The summed E-state index contributed by atoms with van der Waals surface area (Å²) in [5, 5.41) is 5.68. The lowest BCUT2D eigenvalue weighted by atomic mass is 10.2. The Morgan fingerprint density at radius 1 is 0.885 bits per heavy atom. The number of likely N-dealkylation sites (tertiary alicyclic amines) is 1. The lowest BCUT2D eigenvalue weighted by Crippen LogP contribution is -2.35. The van der Waals surface area contributed by atoms with Crippen LogP contribution in [-0.4, -0.2) is 39.9 Å². The summed E-state index contributed by atoms with van der Waals surface area (Å²) in [5.41, 5.74) is 2.35. The zero-order valence-corrected chi connectivity index (χ0v) is 14.9. The summed E-state index contributed by atoms with van der Waals surface area (Å²) in [4.78, 5) is 34.4. The van der Waals surface area contributed by atoms with Gasteiger partial charge in [0.2, 0.25) is 0 Å². The summed E-state index contributed by atoms with van der Waals surface area (Å²) in [6.07, 6.45) is 7.48. The van der Waals surface area contributed by atoms with Crippen LogP contribution in [-0.2, 0) is 0 Å². The third kappa shape index (κ3) is 4.78. The van der Waals surface area contributed by atoms with Crippen molar-refractivity contribution in [3.05, 3.63) is 48.0 Å². The first kappa shape index (κ1) is 17.8. The Balaban J connectivity index is 1.56. The Morgan fingerprint density at radius 2 is 1.50 bits per heavy atom. The molecule has 0 aliphatic carbocycles. The van der Waals surface area contributed by atoms with Crippen LogP contribution in [0.2, 0.25) is 0 Å². The standard InChI is InChI=1S/C19H23N5O2/c1-14-12-21-17(13-20-14)18(25)22-15-6-8-16(9-7-15)23-19(26)24-10-4-2-3-5-11-24/h6-9,12-13H,2-5,10-11H2,1H3,(H,22,25)(H,23,26). The fourth-order valence-corrected chi connectivity index (χ4v) is 2.82. The van der Waals surface area contributed by atoms with Crippen molar-refractivity contribution in [1.82, 2.24) is 14.9 Å². The second-order valence-electron chi connectivity index (χ2n) is 6.41. The molecule has 1 aliphatic rings. The predicted octanol–water partition coefficient (Wildman–Crippen LogP) is 3.45. The molecule has 7 nitrogen and oxygen atoms in total. The molecule has 26 heavy (non-hydrogen) atoms. The van der Waals surface area contributed by atoms with E-state index in [1.807, 2.05) is 11.8 Å². The van der Waals surface area contributed by atoms with Gasteiger partial charge < -0.3 is 15.5 Å². The predicted molar refractivity (Wildman–Crippen MR) is 100 cm³/mol. The van der Waals surface area contributed by atoms with E-state index < -0.39 is 0 Å². The molecule has 0 spiro atoms. The second-order valence-corrected chi connectivity index (χ2v) is 6.41. The number of urea groups is 1. The summed E-state index contributed by atoms with van der Waals surface area (Å²) < 4.78 is 0. The molecule has 1 aromatic carbocycles. The number of amides is 3. The van der Waals surface area contributed by atoms with Crippen molar-refractivity contribution < 1.29 is 9.59 Å². The highest BCUT2D eigenvalue weighted by molar-refractivity contribution is 6.02. The summed E-state index contributed by atoms with van der Waals surface area (Å²) in [6.45, 7) is 3.42. The quantitative estimate of drug-likeness (QED) is 0.885. The molecule has 0 atom stereocenters. The first-order valence-corrected chi connectivity index (χ1v) is 8.88. The molecule has 136 valence electrons. The third-order valence-corrected chi connectivity index (χ3v) is 4.30. The molecule has 3 amide bonds. The van der Waals surface area contributed by atoms with Gasteiger partial charge in [0.05, 0.1) is 11.9 Å². The van der Waals surface area contributed by atoms with E-state index >= 15 is 0 Å². The van der Waals surface area contributed by atoms with Gasteiger partial charge in [0.1, 0.15) is 5.69 Å². The van der Waals surface area contributed by atoms with E-state index in [-0.39, 0.29) is 17.6 Å². The molecule has 0 unspecified atom stereocenters. The van der Waals surface area contributed by atoms with Crippen LogP contribution in [0.3, 0.4) is 0 Å². The summed E-state index contributed by atoms with van der Waals surface area (Å²) in [7, 11) is 0. The smallest absolute Gasteiger partial charge is 0.321 e. The molecule has 1 fully saturated rings. The molecule has 3 rings (SSSR count). The number of hydrogen-bond donors (Lipinski definition) is 2. The maximum atomic E-state index is 12.3. The summed E-state index contributed by atoms with van der Waals surface area (Å²) in [5.74, 6) is -0.321. The Kier molecular flexibility index (Phi) is 5.78. The number of carbonyl (C=O) groups excluding carboxylic acids is 2.